The van der Waals surface area contributed by atoms with E-state index in [4.69, 9.17) is 23.2 Å². The van der Waals surface area contributed by atoms with Gasteiger partial charge in [0.25, 0.3) is 0 Å². The minimum absolute atomic E-state index is 0.625. The number of hydrogen-bond donors (Lipinski definition) is 0. The topological polar surface area (TPSA) is 12.9 Å². The molecule has 0 fully saturated rings. The molecule has 0 aliphatic heterocycles. The fraction of sp³-hybridized carbons (Fsp3) is 0.353. The molecule has 0 aliphatic carbocycles. The zero-order valence-electron chi connectivity index (χ0n) is 11.7. The van der Waals surface area contributed by atoms with Gasteiger partial charge in [0.05, 0.1) is 10.0 Å². The number of nitrogens with zero attached hydrogens (tertiary/aromatic N) is 1. The molecule has 0 saturated carbocycles. The molecule has 1 aromatic carbocycles. The molecule has 106 valence electrons. The molecule has 0 saturated heterocycles. The first kappa shape index (κ1) is 15.3. The number of pyridine rings is 1. The summed E-state index contributed by atoms with van der Waals surface area (Å²) in [6, 6.07) is 8.03. The van der Waals surface area contributed by atoms with Crippen LogP contribution >= 0.6 is 23.2 Å². The third-order valence-corrected chi connectivity index (χ3v) is 4.27. The summed E-state index contributed by atoms with van der Waals surface area (Å²) in [5, 5.41) is 1.27. The summed E-state index contributed by atoms with van der Waals surface area (Å²) in [7, 11) is 0. The summed E-state index contributed by atoms with van der Waals surface area (Å²) in [6.45, 7) is 2.18. The molecule has 0 unspecified atom stereocenters. The molecule has 0 bridgehead atoms. The van der Waals surface area contributed by atoms with Crippen LogP contribution in [0.3, 0.4) is 0 Å². The molecule has 1 heterocycles. The average molecular weight is 308 g/mol. The summed E-state index contributed by atoms with van der Waals surface area (Å²) < 4.78 is 0. The summed E-state index contributed by atoms with van der Waals surface area (Å²) in [5.41, 5.74) is 4.04. The molecular weight excluding hydrogens is 289 g/mol. The van der Waals surface area contributed by atoms with E-state index in [2.05, 4.69) is 24.0 Å². The Morgan fingerprint density at radius 1 is 0.950 bits per heavy atom. The molecular formula is C17H19Cl2N. The monoisotopic (exact) mass is 307 g/mol. The van der Waals surface area contributed by atoms with Gasteiger partial charge in [-0.25, -0.2) is 0 Å². The van der Waals surface area contributed by atoms with E-state index in [1.807, 2.05) is 24.5 Å². The lowest BCUT2D eigenvalue weighted by atomic mass is 10.0. The van der Waals surface area contributed by atoms with Gasteiger partial charge in [-0.05, 0) is 67.0 Å². The van der Waals surface area contributed by atoms with Crippen LogP contribution in [-0.2, 0) is 19.3 Å². The van der Waals surface area contributed by atoms with Crippen molar-refractivity contribution in [1.82, 2.24) is 4.98 Å². The Morgan fingerprint density at radius 2 is 1.75 bits per heavy atom. The highest BCUT2D eigenvalue weighted by Gasteiger charge is 2.02. The standard InChI is InChI=1S/C17H19Cl2N/c1-2-14-12-20-10-9-15(14)6-4-3-5-13-7-8-16(18)17(19)11-13/h7-12H,2-6H2,1H3. The van der Waals surface area contributed by atoms with Crippen LogP contribution in [-0.4, -0.2) is 4.98 Å². The summed E-state index contributed by atoms with van der Waals surface area (Å²) in [6.07, 6.45) is 9.41. The Labute approximate surface area is 131 Å². The maximum absolute atomic E-state index is 6.02. The van der Waals surface area contributed by atoms with Gasteiger partial charge in [0.15, 0.2) is 0 Å². The number of aromatic nitrogens is 1. The van der Waals surface area contributed by atoms with Crippen LogP contribution < -0.4 is 0 Å². The molecule has 0 amide bonds. The lowest BCUT2D eigenvalue weighted by molar-refractivity contribution is 0.729. The SMILES string of the molecule is CCc1cnccc1CCCCc1ccc(Cl)c(Cl)c1. The fourth-order valence-electron chi connectivity index (χ4n) is 2.36. The van der Waals surface area contributed by atoms with Gasteiger partial charge in [-0.1, -0.05) is 36.2 Å². The van der Waals surface area contributed by atoms with Crippen LogP contribution in [0, 0.1) is 0 Å². The van der Waals surface area contributed by atoms with Crippen molar-refractivity contribution in [1.29, 1.82) is 0 Å². The van der Waals surface area contributed by atoms with Crippen molar-refractivity contribution in [3.05, 3.63) is 63.4 Å². The van der Waals surface area contributed by atoms with Crippen LogP contribution in [0.1, 0.15) is 36.5 Å². The number of hydrogen-bond acceptors (Lipinski definition) is 1. The van der Waals surface area contributed by atoms with Gasteiger partial charge in [0.2, 0.25) is 0 Å². The summed E-state index contributed by atoms with van der Waals surface area (Å²) >= 11 is 11.9. The molecule has 3 heteroatoms. The maximum atomic E-state index is 6.02. The molecule has 1 nitrogen and oxygen atoms in total. The highest BCUT2D eigenvalue weighted by molar-refractivity contribution is 6.42. The van der Waals surface area contributed by atoms with Crippen molar-refractivity contribution in [3.63, 3.8) is 0 Å². The van der Waals surface area contributed by atoms with Gasteiger partial charge >= 0.3 is 0 Å². The fourth-order valence-corrected chi connectivity index (χ4v) is 2.68. The molecule has 1 aromatic heterocycles. The number of rotatable bonds is 6. The highest BCUT2D eigenvalue weighted by atomic mass is 35.5. The molecule has 0 atom stereocenters. The largest absolute Gasteiger partial charge is 0.264 e. The zero-order chi connectivity index (χ0) is 14.4. The first-order chi connectivity index (χ1) is 9.70. The van der Waals surface area contributed by atoms with Crippen molar-refractivity contribution >= 4 is 23.2 Å². The van der Waals surface area contributed by atoms with Crippen LogP contribution in [0.25, 0.3) is 0 Å². The summed E-state index contributed by atoms with van der Waals surface area (Å²) in [5.74, 6) is 0. The predicted molar refractivity (Wildman–Crippen MR) is 86.7 cm³/mol. The quantitative estimate of drug-likeness (QED) is 0.641. The van der Waals surface area contributed by atoms with E-state index in [0.29, 0.717) is 10.0 Å². The second-order valence-corrected chi connectivity index (χ2v) is 5.77. The molecule has 20 heavy (non-hydrogen) atoms. The van der Waals surface area contributed by atoms with Gasteiger partial charge in [0.1, 0.15) is 0 Å². The van der Waals surface area contributed by atoms with E-state index in [-0.39, 0.29) is 0 Å². The third kappa shape index (κ3) is 4.22. The van der Waals surface area contributed by atoms with Gasteiger partial charge in [-0.3, -0.25) is 4.98 Å². The van der Waals surface area contributed by atoms with E-state index in [0.717, 1.165) is 25.7 Å². The molecule has 0 N–H and O–H groups in total. The normalized spacial score (nSPS) is 10.8. The van der Waals surface area contributed by atoms with E-state index in [9.17, 15) is 0 Å². The number of halogens is 2. The lowest BCUT2D eigenvalue weighted by Crippen LogP contribution is -1.95. The van der Waals surface area contributed by atoms with E-state index < -0.39 is 0 Å². The van der Waals surface area contributed by atoms with Crippen molar-refractivity contribution < 1.29 is 0 Å². The van der Waals surface area contributed by atoms with Gasteiger partial charge in [-0.2, -0.15) is 0 Å². The second kappa shape index (κ2) is 7.66. The Balaban J connectivity index is 1.83. The Bertz CT molecular complexity index is 567. The van der Waals surface area contributed by atoms with Crippen LogP contribution in [0.5, 0.6) is 0 Å². The first-order valence-corrected chi connectivity index (χ1v) is 7.82. The van der Waals surface area contributed by atoms with E-state index in [1.165, 1.54) is 23.1 Å². The Morgan fingerprint density at radius 3 is 2.50 bits per heavy atom. The number of aryl methyl sites for hydroxylation is 3. The predicted octanol–water partition coefficient (Wildman–Crippen LogP) is 5.52. The highest BCUT2D eigenvalue weighted by Crippen LogP contribution is 2.23. The molecule has 2 rings (SSSR count). The van der Waals surface area contributed by atoms with Crippen molar-refractivity contribution in [2.75, 3.05) is 0 Å². The first-order valence-electron chi connectivity index (χ1n) is 7.06. The van der Waals surface area contributed by atoms with Gasteiger partial charge in [0, 0.05) is 12.4 Å². The third-order valence-electron chi connectivity index (χ3n) is 3.53. The molecule has 0 spiro atoms. The number of benzene rings is 1. The van der Waals surface area contributed by atoms with Crippen molar-refractivity contribution in [3.8, 4) is 0 Å². The smallest absolute Gasteiger partial charge is 0.0595 e. The number of unbranched alkanes of at least 4 members (excludes halogenated alkanes) is 1. The van der Waals surface area contributed by atoms with Crippen LogP contribution in [0.2, 0.25) is 10.0 Å². The average Bonchev–Trinajstić information content (AvgIpc) is 2.47. The molecule has 2 aromatic rings. The Hall–Kier alpha value is -1.05. The van der Waals surface area contributed by atoms with E-state index >= 15 is 0 Å². The minimum atomic E-state index is 0.625. The lowest BCUT2D eigenvalue weighted by Gasteiger charge is -2.07. The van der Waals surface area contributed by atoms with Gasteiger partial charge in [-0.15, -0.1) is 0 Å². The van der Waals surface area contributed by atoms with Crippen molar-refractivity contribution in [2.45, 2.75) is 39.0 Å². The Kier molecular flexibility index (Phi) is 5.87. The van der Waals surface area contributed by atoms with Crippen molar-refractivity contribution in [2.24, 2.45) is 0 Å². The molecule has 0 radical (unpaired) electrons. The summed E-state index contributed by atoms with van der Waals surface area (Å²) in [4.78, 5) is 4.18. The van der Waals surface area contributed by atoms with Gasteiger partial charge < -0.3 is 0 Å². The van der Waals surface area contributed by atoms with Crippen LogP contribution in [0.15, 0.2) is 36.7 Å². The maximum Gasteiger partial charge on any atom is 0.0595 e. The molecule has 0 aliphatic rings. The van der Waals surface area contributed by atoms with E-state index in [1.54, 1.807) is 0 Å². The second-order valence-electron chi connectivity index (χ2n) is 4.95. The van der Waals surface area contributed by atoms with Crippen LogP contribution in [0.4, 0.5) is 0 Å². The minimum Gasteiger partial charge on any atom is -0.264 e. The zero-order valence-corrected chi connectivity index (χ0v) is 13.2.